The number of rotatable bonds is 2. The Morgan fingerprint density at radius 2 is 2.42 bits per heavy atom. The van der Waals surface area contributed by atoms with Gasteiger partial charge in [-0.1, -0.05) is 24.3 Å². The van der Waals surface area contributed by atoms with E-state index in [1.807, 2.05) is 0 Å². The summed E-state index contributed by atoms with van der Waals surface area (Å²) in [5.74, 6) is 0.428. The number of carboxylic acid groups (broad SMARTS) is 1. The largest absolute Gasteiger partial charge is 0.481 e. The van der Waals surface area contributed by atoms with Gasteiger partial charge in [0.25, 0.3) is 0 Å². The minimum atomic E-state index is -0.706. The smallest absolute Gasteiger partial charge is 0.303 e. The molecule has 2 bridgehead atoms. The van der Waals surface area contributed by atoms with Crippen LogP contribution in [0.3, 0.4) is 0 Å². The standard InChI is InChI=1S/C10H12O2/c1-6-7-2-3-8(4-7)9(6)5-10(11)12/h2-3,7-9H,1,4-5H2,(H,11,12)/t7-,8+,9-/m1/s1. The molecule has 1 saturated carbocycles. The quantitative estimate of drug-likeness (QED) is 0.632. The van der Waals surface area contributed by atoms with Crippen molar-refractivity contribution in [1.82, 2.24) is 0 Å². The molecule has 2 nitrogen and oxygen atoms in total. The van der Waals surface area contributed by atoms with Gasteiger partial charge in [0.1, 0.15) is 0 Å². The zero-order valence-electron chi connectivity index (χ0n) is 6.86. The first kappa shape index (κ1) is 7.59. The van der Waals surface area contributed by atoms with Gasteiger partial charge in [0.05, 0.1) is 6.42 Å². The maximum absolute atomic E-state index is 10.5. The SMILES string of the molecule is C=C1[C@@H]2C=C[C@@H](C2)[C@@H]1CC(=O)O. The summed E-state index contributed by atoms with van der Waals surface area (Å²) in [5.41, 5.74) is 1.13. The Labute approximate surface area is 71.6 Å². The molecule has 0 radical (unpaired) electrons. The Kier molecular flexibility index (Phi) is 1.56. The number of carbonyl (C=O) groups is 1. The molecule has 12 heavy (non-hydrogen) atoms. The van der Waals surface area contributed by atoms with E-state index in [9.17, 15) is 4.79 Å². The lowest BCUT2D eigenvalue weighted by atomic mass is 9.87. The molecule has 0 unspecified atom stereocenters. The first-order chi connectivity index (χ1) is 5.68. The lowest BCUT2D eigenvalue weighted by Gasteiger charge is -2.17. The Bertz CT molecular complexity index is 265. The van der Waals surface area contributed by atoms with Gasteiger partial charge in [0.15, 0.2) is 0 Å². The van der Waals surface area contributed by atoms with Crippen molar-refractivity contribution < 1.29 is 9.90 Å². The maximum Gasteiger partial charge on any atom is 0.303 e. The molecule has 2 aliphatic rings. The van der Waals surface area contributed by atoms with Gasteiger partial charge in [-0.2, -0.15) is 0 Å². The van der Waals surface area contributed by atoms with E-state index >= 15 is 0 Å². The number of hydrogen-bond donors (Lipinski definition) is 1. The molecule has 0 saturated heterocycles. The summed E-state index contributed by atoms with van der Waals surface area (Å²) in [6, 6.07) is 0. The molecule has 2 aliphatic carbocycles. The fraction of sp³-hybridized carbons (Fsp3) is 0.500. The summed E-state index contributed by atoms with van der Waals surface area (Å²) >= 11 is 0. The fourth-order valence-electron chi connectivity index (χ4n) is 2.32. The van der Waals surface area contributed by atoms with Crippen LogP contribution in [0.4, 0.5) is 0 Å². The van der Waals surface area contributed by atoms with Crippen LogP contribution >= 0.6 is 0 Å². The van der Waals surface area contributed by atoms with Crippen LogP contribution in [-0.4, -0.2) is 11.1 Å². The van der Waals surface area contributed by atoms with Gasteiger partial charge in [0.2, 0.25) is 0 Å². The third-order valence-corrected chi connectivity index (χ3v) is 2.98. The third-order valence-electron chi connectivity index (χ3n) is 2.98. The average molecular weight is 164 g/mol. The second-order valence-electron chi connectivity index (χ2n) is 3.67. The number of hydrogen-bond acceptors (Lipinski definition) is 1. The van der Waals surface area contributed by atoms with Crippen molar-refractivity contribution in [3.63, 3.8) is 0 Å². The van der Waals surface area contributed by atoms with Crippen molar-refractivity contribution in [2.75, 3.05) is 0 Å². The predicted molar refractivity (Wildman–Crippen MR) is 45.6 cm³/mol. The molecule has 64 valence electrons. The normalized spacial score (nSPS) is 37.7. The number of carboxylic acids is 1. The van der Waals surface area contributed by atoms with E-state index in [0.717, 1.165) is 12.0 Å². The first-order valence-electron chi connectivity index (χ1n) is 4.27. The van der Waals surface area contributed by atoms with Crippen LogP contribution < -0.4 is 0 Å². The van der Waals surface area contributed by atoms with Crippen molar-refractivity contribution in [3.05, 3.63) is 24.3 Å². The van der Waals surface area contributed by atoms with Crippen LogP contribution in [0.5, 0.6) is 0 Å². The van der Waals surface area contributed by atoms with Gasteiger partial charge in [-0.25, -0.2) is 0 Å². The van der Waals surface area contributed by atoms with Crippen molar-refractivity contribution in [1.29, 1.82) is 0 Å². The van der Waals surface area contributed by atoms with E-state index in [0.29, 0.717) is 11.8 Å². The molecule has 0 aromatic heterocycles. The molecule has 0 aromatic carbocycles. The van der Waals surface area contributed by atoms with Crippen LogP contribution in [0, 0.1) is 17.8 Å². The van der Waals surface area contributed by atoms with Crippen molar-refractivity contribution >= 4 is 5.97 Å². The third kappa shape index (κ3) is 0.986. The highest BCUT2D eigenvalue weighted by atomic mass is 16.4. The van der Waals surface area contributed by atoms with Crippen LogP contribution in [0.2, 0.25) is 0 Å². The predicted octanol–water partition coefficient (Wildman–Crippen LogP) is 1.84. The molecule has 1 fully saturated rings. The van der Waals surface area contributed by atoms with E-state index in [1.54, 1.807) is 0 Å². The minimum absolute atomic E-state index is 0.206. The lowest BCUT2D eigenvalue weighted by Crippen LogP contribution is -2.14. The molecule has 0 amide bonds. The molecular weight excluding hydrogens is 152 g/mol. The molecule has 2 heteroatoms. The van der Waals surface area contributed by atoms with Crippen LogP contribution in [0.25, 0.3) is 0 Å². The van der Waals surface area contributed by atoms with Crippen molar-refractivity contribution in [2.24, 2.45) is 17.8 Å². The second-order valence-corrected chi connectivity index (χ2v) is 3.67. The van der Waals surface area contributed by atoms with Gasteiger partial charge < -0.3 is 5.11 Å². The molecule has 1 N–H and O–H groups in total. The van der Waals surface area contributed by atoms with Gasteiger partial charge in [-0.05, 0) is 24.2 Å². The summed E-state index contributed by atoms with van der Waals surface area (Å²) in [7, 11) is 0. The van der Waals surface area contributed by atoms with Gasteiger partial charge in [-0.15, -0.1) is 0 Å². The van der Waals surface area contributed by atoms with Crippen LogP contribution in [0.1, 0.15) is 12.8 Å². The fourth-order valence-corrected chi connectivity index (χ4v) is 2.32. The zero-order valence-corrected chi connectivity index (χ0v) is 6.86. The average Bonchev–Trinajstić information content (AvgIpc) is 2.53. The van der Waals surface area contributed by atoms with E-state index in [4.69, 9.17) is 5.11 Å². The Morgan fingerprint density at radius 1 is 1.67 bits per heavy atom. The molecule has 0 heterocycles. The van der Waals surface area contributed by atoms with E-state index in [2.05, 4.69) is 18.7 Å². The summed E-state index contributed by atoms with van der Waals surface area (Å²) in [4.78, 5) is 10.5. The molecule has 2 rings (SSSR count). The maximum atomic E-state index is 10.5. The molecule has 3 atom stereocenters. The van der Waals surface area contributed by atoms with E-state index in [1.165, 1.54) is 0 Å². The molecule has 0 aromatic rings. The van der Waals surface area contributed by atoms with E-state index < -0.39 is 5.97 Å². The highest BCUT2D eigenvalue weighted by Crippen LogP contribution is 2.47. The van der Waals surface area contributed by atoms with E-state index in [-0.39, 0.29) is 12.3 Å². The zero-order chi connectivity index (χ0) is 8.72. The highest BCUT2D eigenvalue weighted by Gasteiger charge is 2.39. The van der Waals surface area contributed by atoms with Crippen molar-refractivity contribution in [3.8, 4) is 0 Å². The molecule has 0 aliphatic heterocycles. The first-order valence-corrected chi connectivity index (χ1v) is 4.27. The van der Waals surface area contributed by atoms with Crippen LogP contribution in [-0.2, 0) is 4.79 Å². The number of aliphatic carboxylic acids is 1. The number of allylic oxidation sites excluding steroid dienone is 3. The summed E-state index contributed by atoms with van der Waals surface area (Å²) in [6.07, 6.45) is 5.65. The Hall–Kier alpha value is -1.05. The highest BCUT2D eigenvalue weighted by molar-refractivity contribution is 5.68. The van der Waals surface area contributed by atoms with Gasteiger partial charge >= 0.3 is 5.97 Å². The van der Waals surface area contributed by atoms with Crippen molar-refractivity contribution in [2.45, 2.75) is 12.8 Å². The monoisotopic (exact) mass is 164 g/mol. The van der Waals surface area contributed by atoms with Crippen LogP contribution in [0.15, 0.2) is 24.3 Å². The topological polar surface area (TPSA) is 37.3 Å². The number of fused-ring (bicyclic) bond motifs is 2. The lowest BCUT2D eigenvalue weighted by molar-refractivity contribution is -0.138. The van der Waals surface area contributed by atoms with Gasteiger partial charge in [-0.3, -0.25) is 4.79 Å². The second kappa shape index (κ2) is 2.47. The van der Waals surface area contributed by atoms with Gasteiger partial charge in [0, 0.05) is 0 Å². The molecular formula is C10H12O2. The minimum Gasteiger partial charge on any atom is -0.481 e. The Morgan fingerprint density at radius 3 is 2.92 bits per heavy atom. The summed E-state index contributed by atoms with van der Waals surface area (Å²) < 4.78 is 0. The Balaban J connectivity index is 2.13. The molecule has 0 spiro atoms. The summed E-state index contributed by atoms with van der Waals surface area (Å²) in [5, 5.41) is 8.65. The summed E-state index contributed by atoms with van der Waals surface area (Å²) in [6.45, 7) is 3.96.